The molecule has 3 aromatic carbocycles. The zero-order valence-corrected chi connectivity index (χ0v) is 12.4. The smallest absolute Gasteiger partial charge is 0.131 e. The Bertz CT molecular complexity index is 837. The summed E-state index contributed by atoms with van der Waals surface area (Å²) in [6.45, 7) is 2.05. The third-order valence-corrected chi connectivity index (χ3v) is 3.93. The van der Waals surface area contributed by atoms with Crippen molar-refractivity contribution in [3.8, 4) is 23.0 Å². The molecule has 4 rings (SSSR count). The number of benzene rings is 3. The van der Waals surface area contributed by atoms with Crippen molar-refractivity contribution in [1.82, 2.24) is 0 Å². The van der Waals surface area contributed by atoms with Gasteiger partial charge in [0.15, 0.2) is 0 Å². The van der Waals surface area contributed by atoms with Crippen LogP contribution in [-0.2, 0) is 6.42 Å². The van der Waals surface area contributed by atoms with E-state index in [0.29, 0.717) is 0 Å². The van der Waals surface area contributed by atoms with Crippen molar-refractivity contribution in [3.05, 3.63) is 83.4 Å². The third-order valence-electron chi connectivity index (χ3n) is 3.93. The third kappa shape index (κ3) is 2.33. The Balaban J connectivity index is 1.65. The first kappa shape index (κ1) is 13.0. The number of rotatable bonds is 2. The van der Waals surface area contributed by atoms with Crippen molar-refractivity contribution >= 4 is 0 Å². The van der Waals surface area contributed by atoms with Crippen molar-refractivity contribution in [2.45, 2.75) is 13.3 Å². The number of hydrogen-bond acceptors (Lipinski definition) is 2. The molecule has 2 heteroatoms. The number of aryl methyl sites for hydroxylation is 1. The molecule has 3 aromatic rings. The van der Waals surface area contributed by atoms with Gasteiger partial charge in [-0.25, -0.2) is 0 Å². The predicted octanol–water partition coefficient (Wildman–Crippen LogP) is 5.48. The Hall–Kier alpha value is -2.74. The van der Waals surface area contributed by atoms with Crippen LogP contribution < -0.4 is 9.47 Å². The topological polar surface area (TPSA) is 18.5 Å². The van der Waals surface area contributed by atoms with Gasteiger partial charge < -0.3 is 9.47 Å². The molecule has 0 radical (unpaired) electrons. The minimum atomic E-state index is 0.844. The molecule has 22 heavy (non-hydrogen) atoms. The second kappa shape index (κ2) is 5.23. The van der Waals surface area contributed by atoms with E-state index in [1.807, 2.05) is 61.5 Å². The van der Waals surface area contributed by atoms with Crippen molar-refractivity contribution < 1.29 is 9.47 Å². The van der Waals surface area contributed by atoms with E-state index in [4.69, 9.17) is 9.47 Å². The van der Waals surface area contributed by atoms with Gasteiger partial charge in [-0.15, -0.1) is 0 Å². The van der Waals surface area contributed by atoms with Gasteiger partial charge in [0.2, 0.25) is 0 Å². The average molecular weight is 288 g/mol. The molecule has 0 spiro atoms. The van der Waals surface area contributed by atoms with E-state index in [2.05, 4.69) is 12.1 Å². The van der Waals surface area contributed by atoms with E-state index in [9.17, 15) is 0 Å². The van der Waals surface area contributed by atoms with Gasteiger partial charge >= 0.3 is 0 Å². The number of para-hydroxylation sites is 2. The van der Waals surface area contributed by atoms with E-state index in [1.165, 1.54) is 5.56 Å². The van der Waals surface area contributed by atoms with Gasteiger partial charge in [0.1, 0.15) is 23.0 Å². The fourth-order valence-corrected chi connectivity index (χ4v) is 2.73. The Morgan fingerprint density at radius 3 is 2.50 bits per heavy atom. The molecule has 0 N–H and O–H groups in total. The van der Waals surface area contributed by atoms with Crippen LogP contribution in [0.25, 0.3) is 0 Å². The van der Waals surface area contributed by atoms with Crippen molar-refractivity contribution in [2.24, 2.45) is 0 Å². The fourth-order valence-electron chi connectivity index (χ4n) is 2.73. The van der Waals surface area contributed by atoms with Crippen molar-refractivity contribution in [2.75, 3.05) is 0 Å². The summed E-state index contributed by atoms with van der Waals surface area (Å²) in [5, 5.41) is 0. The zero-order chi connectivity index (χ0) is 14.9. The molecular formula is C20H16O2. The normalized spacial score (nSPS) is 12.0. The highest BCUT2D eigenvalue weighted by Crippen LogP contribution is 2.38. The summed E-state index contributed by atoms with van der Waals surface area (Å²) in [6, 6.07) is 22.2. The molecule has 0 bridgehead atoms. The number of ether oxygens (including phenoxy) is 2. The minimum absolute atomic E-state index is 0.844. The first-order chi connectivity index (χ1) is 10.8. The molecule has 0 atom stereocenters. The molecule has 1 aliphatic heterocycles. The Kier molecular flexibility index (Phi) is 3.08. The SMILES string of the molecule is Cc1ccccc1Oc1ccc2c(c1)Cc1ccccc1O2. The molecule has 0 fully saturated rings. The molecule has 1 heterocycles. The molecule has 2 nitrogen and oxygen atoms in total. The maximum absolute atomic E-state index is 6.01. The number of hydrogen-bond donors (Lipinski definition) is 0. The molecular weight excluding hydrogens is 272 g/mol. The lowest BCUT2D eigenvalue weighted by atomic mass is 10.0. The van der Waals surface area contributed by atoms with Crippen molar-refractivity contribution in [3.63, 3.8) is 0 Å². The van der Waals surface area contributed by atoms with E-state index in [0.717, 1.165) is 40.5 Å². The summed E-state index contributed by atoms with van der Waals surface area (Å²) in [7, 11) is 0. The fraction of sp³-hybridized carbons (Fsp3) is 0.100. The van der Waals surface area contributed by atoms with E-state index in [1.54, 1.807) is 0 Å². The predicted molar refractivity (Wildman–Crippen MR) is 87.0 cm³/mol. The van der Waals surface area contributed by atoms with Crippen molar-refractivity contribution in [1.29, 1.82) is 0 Å². The average Bonchev–Trinajstić information content (AvgIpc) is 2.55. The monoisotopic (exact) mass is 288 g/mol. The lowest BCUT2D eigenvalue weighted by Crippen LogP contribution is -2.02. The molecule has 0 aliphatic carbocycles. The van der Waals surface area contributed by atoms with Gasteiger partial charge in [0.05, 0.1) is 0 Å². The van der Waals surface area contributed by atoms with Gasteiger partial charge in [-0.2, -0.15) is 0 Å². The zero-order valence-electron chi connectivity index (χ0n) is 12.4. The standard InChI is InChI=1S/C20H16O2/c1-14-6-2-4-8-18(14)21-17-10-11-20-16(13-17)12-15-7-3-5-9-19(15)22-20/h2-11,13H,12H2,1H3. The molecule has 0 saturated carbocycles. The van der Waals surface area contributed by atoms with Gasteiger partial charge in [-0.3, -0.25) is 0 Å². The maximum atomic E-state index is 6.01. The summed E-state index contributed by atoms with van der Waals surface area (Å²) in [6.07, 6.45) is 0.872. The van der Waals surface area contributed by atoms with Crippen LogP contribution in [0.5, 0.6) is 23.0 Å². The van der Waals surface area contributed by atoms with Crippen LogP contribution in [0.4, 0.5) is 0 Å². The summed E-state index contributed by atoms with van der Waals surface area (Å²) < 4.78 is 12.0. The van der Waals surface area contributed by atoms with Gasteiger partial charge in [0.25, 0.3) is 0 Å². The lowest BCUT2D eigenvalue weighted by molar-refractivity contribution is 0.451. The Labute approximate surface area is 129 Å². The second-order valence-electron chi connectivity index (χ2n) is 5.52. The molecule has 0 saturated heterocycles. The summed E-state index contributed by atoms with van der Waals surface area (Å²) in [4.78, 5) is 0. The van der Waals surface area contributed by atoms with Crippen LogP contribution in [0, 0.1) is 6.92 Å². The Morgan fingerprint density at radius 2 is 1.59 bits per heavy atom. The number of fused-ring (bicyclic) bond motifs is 2. The van der Waals surface area contributed by atoms with E-state index in [-0.39, 0.29) is 0 Å². The highest BCUT2D eigenvalue weighted by Gasteiger charge is 2.17. The first-order valence-electron chi connectivity index (χ1n) is 7.42. The van der Waals surface area contributed by atoms with Crippen LogP contribution in [0.1, 0.15) is 16.7 Å². The summed E-state index contributed by atoms with van der Waals surface area (Å²) in [5.74, 6) is 3.59. The van der Waals surface area contributed by atoms with Crippen LogP contribution in [0.2, 0.25) is 0 Å². The quantitative estimate of drug-likeness (QED) is 0.486. The van der Waals surface area contributed by atoms with Crippen LogP contribution in [0.3, 0.4) is 0 Å². The highest BCUT2D eigenvalue weighted by atomic mass is 16.5. The molecule has 0 aromatic heterocycles. The first-order valence-corrected chi connectivity index (χ1v) is 7.42. The van der Waals surface area contributed by atoms with Gasteiger partial charge in [0, 0.05) is 12.0 Å². The molecule has 1 aliphatic rings. The Morgan fingerprint density at radius 1 is 0.818 bits per heavy atom. The van der Waals surface area contributed by atoms with E-state index >= 15 is 0 Å². The molecule has 108 valence electrons. The van der Waals surface area contributed by atoms with Crippen LogP contribution in [0.15, 0.2) is 66.7 Å². The summed E-state index contributed by atoms with van der Waals surface area (Å²) in [5.41, 5.74) is 3.50. The summed E-state index contributed by atoms with van der Waals surface area (Å²) >= 11 is 0. The van der Waals surface area contributed by atoms with Crippen LogP contribution >= 0.6 is 0 Å². The highest BCUT2D eigenvalue weighted by molar-refractivity contribution is 5.52. The lowest BCUT2D eigenvalue weighted by Gasteiger charge is -2.20. The van der Waals surface area contributed by atoms with Gasteiger partial charge in [-0.1, -0.05) is 36.4 Å². The van der Waals surface area contributed by atoms with Crippen LogP contribution in [-0.4, -0.2) is 0 Å². The minimum Gasteiger partial charge on any atom is -0.457 e. The largest absolute Gasteiger partial charge is 0.457 e. The second-order valence-corrected chi connectivity index (χ2v) is 5.52. The maximum Gasteiger partial charge on any atom is 0.131 e. The van der Waals surface area contributed by atoms with Gasteiger partial charge in [-0.05, 0) is 48.4 Å². The molecule has 0 unspecified atom stereocenters. The molecule has 0 amide bonds. The van der Waals surface area contributed by atoms with E-state index < -0.39 is 0 Å².